The number of rotatable bonds is 10. The summed E-state index contributed by atoms with van der Waals surface area (Å²) in [5.74, 6) is 0. The maximum atomic E-state index is 6.57. The van der Waals surface area contributed by atoms with Gasteiger partial charge < -0.3 is 55.0 Å². The van der Waals surface area contributed by atoms with Crippen LogP contribution in [-0.4, -0.2) is 166 Å². The lowest BCUT2D eigenvalue weighted by molar-refractivity contribution is -0.303. The van der Waals surface area contributed by atoms with E-state index in [9.17, 15) is 0 Å². The SMILES string of the molecule is C1CCOCCOCCOCCOCCOOCCOCCOCCOCCOC1.COCCC[Si](C)(O[Si](C)(C)C)O[Si](C)(C)O[Si](C)(C)C. The van der Waals surface area contributed by atoms with E-state index in [1.807, 2.05) is 0 Å². The summed E-state index contributed by atoms with van der Waals surface area (Å²) in [5.41, 5.74) is 0. The number of hydrogen-bond donors (Lipinski definition) is 0. The Hall–Kier alpha value is 0.308. The minimum absolute atomic E-state index is 0.358. The third kappa shape index (κ3) is 39.8. The molecule has 0 bridgehead atoms. The summed E-state index contributed by atoms with van der Waals surface area (Å²) in [5, 5.41) is 0. The van der Waals surface area contributed by atoms with Crippen LogP contribution in [0.1, 0.15) is 19.3 Å². The fourth-order valence-electron chi connectivity index (χ4n) is 4.82. The van der Waals surface area contributed by atoms with E-state index in [2.05, 4.69) is 58.9 Å². The van der Waals surface area contributed by atoms with Crippen LogP contribution in [-0.2, 0) is 64.8 Å². The molecule has 51 heavy (non-hydrogen) atoms. The summed E-state index contributed by atoms with van der Waals surface area (Å²) in [7, 11) is -5.87. The summed E-state index contributed by atoms with van der Waals surface area (Å²) < 4.78 is 68.1. The number of methoxy groups -OCH3 is 1. The van der Waals surface area contributed by atoms with Crippen molar-refractivity contribution in [3.63, 3.8) is 0 Å². The lowest BCUT2D eigenvalue weighted by Crippen LogP contribution is -2.56. The van der Waals surface area contributed by atoms with Crippen LogP contribution in [0.15, 0.2) is 0 Å². The van der Waals surface area contributed by atoms with Crippen molar-refractivity contribution >= 4 is 33.8 Å². The molecule has 0 aromatic carbocycles. The molecular weight excluding hydrogens is 733 g/mol. The van der Waals surface area contributed by atoms with Crippen molar-refractivity contribution in [2.45, 2.75) is 84.2 Å². The van der Waals surface area contributed by atoms with Gasteiger partial charge in [-0.2, -0.15) is 0 Å². The highest BCUT2D eigenvalue weighted by Gasteiger charge is 2.44. The average molecular weight is 809 g/mol. The van der Waals surface area contributed by atoms with Crippen molar-refractivity contribution in [2.24, 2.45) is 0 Å². The van der Waals surface area contributed by atoms with E-state index < -0.39 is 33.8 Å². The zero-order valence-corrected chi connectivity index (χ0v) is 38.0. The van der Waals surface area contributed by atoms with E-state index in [0.717, 1.165) is 31.9 Å². The van der Waals surface area contributed by atoms with Crippen molar-refractivity contribution in [3.8, 4) is 0 Å². The van der Waals surface area contributed by atoms with E-state index in [1.165, 1.54) is 0 Å². The fraction of sp³-hybridized carbons (Fsp3) is 1.00. The van der Waals surface area contributed by atoms with E-state index in [-0.39, 0.29) is 0 Å². The molecule has 1 atom stereocenters. The predicted molar refractivity (Wildman–Crippen MR) is 208 cm³/mol. The summed E-state index contributed by atoms with van der Waals surface area (Å²) in [6, 6.07) is 0.969. The maximum Gasteiger partial charge on any atom is 0.315 e. The second-order valence-corrected chi connectivity index (χ2v) is 30.9. The van der Waals surface area contributed by atoms with Crippen molar-refractivity contribution in [3.05, 3.63) is 0 Å². The topological polar surface area (TPSA) is 129 Å². The molecule has 1 saturated heterocycles. The van der Waals surface area contributed by atoms with Crippen molar-refractivity contribution < 1.29 is 64.8 Å². The van der Waals surface area contributed by atoms with E-state index in [4.69, 9.17) is 64.8 Å². The van der Waals surface area contributed by atoms with Gasteiger partial charge >= 0.3 is 17.1 Å². The van der Waals surface area contributed by atoms with Gasteiger partial charge in [0.15, 0.2) is 16.6 Å². The molecule has 0 aliphatic carbocycles. The normalized spacial score (nSPS) is 21.1. The van der Waals surface area contributed by atoms with Crippen molar-refractivity contribution in [1.82, 2.24) is 0 Å². The Kier molecular flexibility index (Phi) is 32.7. The highest BCUT2D eigenvalue weighted by Crippen LogP contribution is 2.27. The molecular formula is C33H76O14Si4. The lowest BCUT2D eigenvalue weighted by atomic mass is 10.3. The predicted octanol–water partition coefficient (Wildman–Crippen LogP) is 5.38. The Morgan fingerprint density at radius 3 is 1.02 bits per heavy atom. The standard InChI is InChI=1S/C20H40O10.C13H36O4Si4/c1-2-4-22-6-8-24-10-12-26-14-16-28-18-20-30-29-19-17-27-15-13-25-11-9-23-7-5-21-3-1;1-14-12-11-13-21(10,16-19(5,6)7)17-20(8,9)15-18(2,3)4/h1-20H2;11-13H2,1-10H3. The molecule has 1 fully saturated rings. The zero-order chi connectivity index (χ0) is 38.2. The molecule has 1 aliphatic heterocycles. The Morgan fingerprint density at radius 1 is 0.392 bits per heavy atom. The monoisotopic (exact) mass is 808 g/mol. The molecule has 1 unspecified atom stereocenters. The van der Waals surface area contributed by atoms with Crippen LogP contribution in [0.3, 0.4) is 0 Å². The molecule has 1 heterocycles. The van der Waals surface area contributed by atoms with E-state index in [0.29, 0.717) is 119 Å². The first kappa shape index (κ1) is 51.3. The van der Waals surface area contributed by atoms with Crippen molar-refractivity contribution in [1.29, 1.82) is 0 Å². The Balaban J connectivity index is 0.00000105. The van der Waals surface area contributed by atoms with Gasteiger partial charge in [0, 0.05) is 26.9 Å². The molecule has 1 aliphatic rings. The first-order chi connectivity index (χ1) is 24.2. The molecule has 0 radical (unpaired) electrons. The number of ether oxygens (including phenoxy) is 9. The molecule has 0 aromatic rings. The maximum absolute atomic E-state index is 6.57. The van der Waals surface area contributed by atoms with Crippen LogP contribution in [0, 0.1) is 0 Å². The number of hydrogen-bond acceptors (Lipinski definition) is 14. The first-order valence-corrected chi connectivity index (χ1v) is 30.8. The molecule has 1 rings (SSSR count). The molecule has 308 valence electrons. The smallest absolute Gasteiger partial charge is 0.315 e. The molecule has 0 N–H and O–H groups in total. The van der Waals surface area contributed by atoms with Gasteiger partial charge in [0.25, 0.3) is 0 Å². The zero-order valence-electron chi connectivity index (χ0n) is 34.0. The molecule has 0 amide bonds. The van der Waals surface area contributed by atoms with Crippen LogP contribution in [0.4, 0.5) is 0 Å². The van der Waals surface area contributed by atoms with Gasteiger partial charge in [-0.3, -0.25) is 0 Å². The largest absolute Gasteiger partial charge is 0.437 e. The highest BCUT2D eigenvalue weighted by atomic mass is 28.5. The average Bonchev–Trinajstić information content (AvgIpc) is 3.00. The molecule has 0 spiro atoms. The van der Waals surface area contributed by atoms with Gasteiger partial charge in [0.05, 0.1) is 92.5 Å². The molecule has 14 nitrogen and oxygen atoms in total. The van der Waals surface area contributed by atoms with Crippen molar-refractivity contribution in [2.75, 3.05) is 133 Å². The van der Waals surface area contributed by atoms with E-state index in [1.54, 1.807) is 7.11 Å². The minimum atomic E-state index is -2.22. The van der Waals surface area contributed by atoms with Crippen LogP contribution in [0.25, 0.3) is 0 Å². The van der Waals surface area contributed by atoms with Crippen LogP contribution < -0.4 is 0 Å². The fourth-order valence-corrected chi connectivity index (χ4v) is 22.7. The van der Waals surface area contributed by atoms with Gasteiger partial charge in [-0.25, -0.2) is 9.78 Å². The Bertz CT molecular complexity index is 615. The van der Waals surface area contributed by atoms with Crippen LogP contribution in [0.5, 0.6) is 0 Å². The first-order valence-electron chi connectivity index (χ1n) is 18.6. The second kappa shape index (κ2) is 32.5. The van der Waals surface area contributed by atoms with Gasteiger partial charge in [-0.1, -0.05) is 0 Å². The summed E-state index contributed by atoms with van der Waals surface area (Å²) in [4.78, 5) is 9.99. The van der Waals surface area contributed by atoms with Gasteiger partial charge in [0.2, 0.25) is 0 Å². The van der Waals surface area contributed by atoms with E-state index >= 15 is 0 Å². The third-order valence-electron chi connectivity index (χ3n) is 6.28. The Morgan fingerprint density at radius 2 is 0.706 bits per heavy atom. The minimum Gasteiger partial charge on any atom is -0.437 e. The van der Waals surface area contributed by atoms with Crippen LogP contribution in [0.2, 0.25) is 65.0 Å². The second-order valence-electron chi connectivity index (χ2n) is 14.4. The third-order valence-corrected chi connectivity index (χ3v) is 19.8. The molecule has 0 aromatic heterocycles. The summed E-state index contributed by atoms with van der Waals surface area (Å²) in [6.45, 7) is 30.2. The molecule has 0 saturated carbocycles. The van der Waals surface area contributed by atoms with Gasteiger partial charge in [0.1, 0.15) is 13.2 Å². The van der Waals surface area contributed by atoms with Gasteiger partial charge in [-0.15, -0.1) is 0 Å². The van der Waals surface area contributed by atoms with Crippen LogP contribution >= 0.6 is 0 Å². The summed E-state index contributed by atoms with van der Waals surface area (Å²) in [6.07, 6.45) is 2.93. The lowest BCUT2D eigenvalue weighted by Gasteiger charge is -2.41. The molecule has 18 heteroatoms. The van der Waals surface area contributed by atoms with Gasteiger partial charge in [-0.05, 0) is 84.2 Å². The highest BCUT2D eigenvalue weighted by molar-refractivity contribution is 6.89. The Labute approximate surface area is 314 Å². The quantitative estimate of drug-likeness (QED) is 0.159. The summed E-state index contributed by atoms with van der Waals surface area (Å²) >= 11 is 0.